The molecule has 0 aliphatic carbocycles. The quantitative estimate of drug-likeness (QED) is 0.407. The molecule has 0 bridgehead atoms. The van der Waals surface area contributed by atoms with Crippen LogP contribution in [0.3, 0.4) is 0 Å². The Kier molecular flexibility index (Phi) is 4.77. The summed E-state index contributed by atoms with van der Waals surface area (Å²) in [6, 6.07) is 11.7. The number of para-hydroxylation sites is 1. The Hall–Kier alpha value is -4.42. The second-order valence-corrected chi connectivity index (χ2v) is 6.92. The van der Waals surface area contributed by atoms with Crippen LogP contribution in [-0.2, 0) is 0 Å². The van der Waals surface area contributed by atoms with Crippen molar-refractivity contribution in [2.24, 2.45) is 0 Å². The van der Waals surface area contributed by atoms with E-state index >= 15 is 0 Å². The predicted octanol–water partition coefficient (Wildman–Crippen LogP) is 4.31. The van der Waals surface area contributed by atoms with Crippen LogP contribution in [0.5, 0.6) is 17.2 Å². The summed E-state index contributed by atoms with van der Waals surface area (Å²) in [6.45, 7) is 0. The van der Waals surface area contributed by atoms with Crippen LogP contribution in [0.1, 0.15) is 0 Å². The van der Waals surface area contributed by atoms with E-state index in [9.17, 15) is 26.7 Å². The summed E-state index contributed by atoms with van der Waals surface area (Å²) in [5.74, 6) is -0.898. The molecule has 34 heavy (non-hydrogen) atoms. The minimum Gasteiger partial charge on any atom is -0.406 e. The number of fused-ring (bicyclic) bond motifs is 1. The van der Waals surface area contributed by atoms with Gasteiger partial charge in [0.25, 0.3) is 0 Å². The minimum atomic E-state index is -4.83. The number of aromatic nitrogens is 4. The zero-order valence-electron chi connectivity index (χ0n) is 16.7. The molecule has 5 rings (SSSR count). The molecule has 0 atom stereocenters. The van der Waals surface area contributed by atoms with Crippen molar-refractivity contribution in [1.82, 2.24) is 19.6 Å². The van der Waals surface area contributed by atoms with Crippen molar-refractivity contribution in [3.63, 3.8) is 0 Å². The first-order chi connectivity index (χ1) is 16.1. The van der Waals surface area contributed by atoms with Gasteiger partial charge in [0.2, 0.25) is 5.43 Å². The number of rotatable bonds is 4. The van der Waals surface area contributed by atoms with E-state index in [0.717, 1.165) is 12.1 Å². The Morgan fingerprint density at radius 3 is 2.47 bits per heavy atom. The molecule has 0 unspecified atom stereocenters. The molecule has 8 nitrogen and oxygen atoms in total. The van der Waals surface area contributed by atoms with E-state index in [0.29, 0.717) is 5.69 Å². The monoisotopic (exact) mass is 478 g/mol. The maximum absolute atomic E-state index is 13.6. The van der Waals surface area contributed by atoms with Gasteiger partial charge in [-0.15, -0.1) is 22.0 Å². The molecular weight excluding hydrogens is 467 g/mol. The van der Waals surface area contributed by atoms with E-state index in [-0.39, 0.29) is 28.6 Å². The van der Waals surface area contributed by atoms with Gasteiger partial charge in [-0.1, -0.05) is 6.07 Å². The highest BCUT2D eigenvalue weighted by molar-refractivity contribution is 5.63. The Morgan fingerprint density at radius 2 is 1.74 bits per heavy atom. The molecule has 2 aromatic heterocycles. The molecule has 0 N–H and O–H groups in total. The molecule has 0 fully saturated rings. The van der Waals surface area contributed by atoms with Crippen LogP contribution in [-0.4, -0.2) is 32.2 Å². The van der Waals surface area contributed by atoms with Crippen LogP contribution in [0, 0.1) is 0 Å². The summed E-state index contributed by atoms with van der Waals surface area (Å²) in [6.07, 6.45) is -6.03. The van der Waals surface area contributed by atoms with Crippen molar-refractivity contribution in [2.75, 3.05) is 0 Å². The number of hydrogen-bond donors (Lipinski definition) is 0. The molecule has 13 heteroatoms. The summed E-state index contributed by atoms with van der Waals surface area (Å²) in [5.41, 5.74) is -0.0358. The zero-order chi connectivity index (χ0) is 24.1. The topological polar surface area (TPSA) is 80.4 Å². The first-order valence-electron chi connectivity index (χ1n) is 9.49. The fraction of sp³-hybridized carbons (Fsp3) is 0.0952. The van der Waals surface area contributed by atoms with Crippen LogP contribution in [0.2, 0.25) is 0 Å². The number of ether oxygens (including phenoxy) is 3. The number of halogens is 5. The highest BCUT2D eigenvalue weighted by Crippen LogP contribution is 2.45. The van der Waals surface area contributed by atoms with E-state index in [4.69, 9.17) is 0 Å². The van der Waals surface area contributed by atoms with Crippen molar-refractivity contribution >= 4 is 0 Å². The lowest BCUT2D eigenvalue weighted by molar-refractivity contribution is -0.286. The molecule has 0 radical (unpaired) electrons. The van der Waals surface area contributed by atoms with E-state index in [1.54, 1.807) is 0 Å². The van der Waals surface area contributed by atoms with Crippen molar-refractivity contribution in [2.45, 2.75) is 12.7 Å². The van der Waals surface area contributed by atoms with Crippen molar-refractivity contribution in [1.29, 1.82) is 0 Å². The van der Waals surface area contributed by atoms with Gasteiger partial charge in [-0.3, -0.25) is 4.79 Å². The molecule has 1 aliphatic rings. The first kappa shape index (κ1) is 21.4. The molecule has 0 saturated carbocycles. The van der Waals surface area contributed by atoms with Crippen LogP contribution in [0.4, 0.5) is 22.0 Å². The summed E-state index contributed by atoms with van der Waals surface area (Å²) < 4.78 is 79.7. The van der Waals surface area contributed by atoms with Gasteiger partial charge in [-0.25, -0.2) is 9.36 Å². The van der Waals surface area contributed by atoms with Crippen LogP contribution >= 0.6 is 0 Å². The number of hydrogen-bond acceptors (Lipinski definition) is 6. The fourth-order valence-electron chi connectivity index (χ4n) is 3.33. The third kappa shape index (κ3) is 4.02. The Balaban J connectivity index is 1.54. The van der Waals surface area contributed by atoms with Crippen molar-refractivity contribution in [3.8, 4) is 40.0 Å². The molecule has 174 valence electrons. The van der Waals surface area contributed by atoms with Gasteiger partial charge in [-0.2, -0.15) is 10.2 Å². The predicted molar refractivity (Wildman–Crippen MR) is 105 cm³/mol. The van der Waals surface area contributed by atoms with Crippen molar-refractivity contribution in [3.05, 3.63) is 77.2 Å². The SMILES string of the molecule is O=c1ccn(-c2ccc(OC(F)(F)F)cc2)nc1-c1ccnn1-c1cccc2c1OC(F)(F)O2. The molecule has 0 spiro atoms. The van der Waals surface area contributed by atoms with Crippen LogP contribution in [0.25, 0.3) is 22.8 Å². The number of alkyl halides is 5. The molecule has 0 amide bonds. The van der Waals surface area contributed by atoms with Gasteiger partial charge in [-0.05, 0) is 42.5 Å². The Morgan fingerprint density at radius 1 is 0.971 bits per heavy atom. The van der Waals surface area contributed by atoms with E-state index < -0.39 is 23.8 Å². The largest absolute Gasteiger partial charge is 0.586 e. The smallest absolute Gasteiger partial charge is 0.406 e. The second-order valence-electron chi connectivity index (χ2n) is 6.92. The van der Waals surface area contributed by atoms with Gasteiger partial charge in [0, 0.05) is 12.3 Å². The lowest BCUT2D eigenvalue weighted by Gasteiger charge is -2.12. The fourth-order valence-corrected chi connectivity index (χ4v) is 3.33. The highest BCUT2D eigenvalue weighted by Gasteiger charge is 2.45. The van der Waals surface area contributed by atoms with Gasteiger partial charge in [0.15, 0.2) is 17.2 Å². The zero-order valence-corrected chi connectivity index (χ0v) is 16.7. The van der Waals surface area contributed by atoms with Crippen LogP contribution < -0.4 is 19.6 Å². The van der Waals surface area contributed by atoms with Gasteiger partial charge in [0.1, 0.15) is 11.4 Å². The second kappa shape index (κ2) is 7.57. The van der Waals surface area contributed by atoms with E-state index in [1.807, 2.05) is 0 Å². The Labute approximate surface area is 186 Å². The third-order valence-corrected chi connectivity index (χ3v) is 4.66. The first-order valence-corrected chi connectivity index (χ1v) is 9.49. The summed E-state index contributed by atoms with van der Waals surface area (Å²) in [4.78, 5) is 12.6. The van der Waals surface area contributed by atoms with Crippen molar-refractivity contribution < 1.29 is 36.2 Å². The molecule has 1 aliphatic heterocycles. The number of benzene rings is 2. The summed E-state index contributed by atoms with van der Waals surface area (Å²) in [7, 11) is 0. The standard InChI is InChI=1S/C21H11F5N4O4/c22-20(23,24)32-13-6-4-12(5-7-13)29-11-9-16(31)18(28-29)14-8-10-27-30(14)15-2-1-3-17-19(15)34-21(25,26)33-17/h1-11H. The maximum Gasteiger partial charge on any atom is 0.586 e. The van der Waals surface area contributed by atoms with Gasteiger partial charge in [0.05, 0.1) is 17.6 Å². The Bertz CT molecular complexity index is 1430. The minimum absolute atomic E-state index is 0.0833. The lowest BCUT2D eigenvalue weighted by Crippen LogP contribution is -2.26. The van der Waals surface area contributed by atoms with Crippen LogP contribution in [0.15, 0.2) is 71.8 Å². The highest BCUT2D eigenvalue weighted by atomic mass is 19.4. The average Bonchev–Trinajstić information content (AvgIpc) is 3.36. The summed E-state index contributed by atoms with van der Waals surface area (Å²) >= 11 is 0. The average molecular weight is 478 g/mol. The summed E-state index contributed by atoms with van der Waals surface area (Å²) in [5, 5.41) is 8.36. The molecular formula is C21H11F5N4O4. The lowest BCUT2D eigenvalue weighted by atomic mass is 10.2. The van der Waals surface area contributed by atoms with E-state index in [1.165, 1.54) is 64.2 Å². The molecule has 2 aromatic carbocycles. The maximum atomic E-state index is 13.6. The number of nitrogens with zero attached hydrogens (tertiary/aromatic N) is 4. The van der Waals surface area contributed by atoms with Gasteiger partial charge >= 0.3 is 12.7 Å². The van der Waals surface area contributed by atoms with Gasteiger partial charge < -0.3 is 14.2 Å². The molecule has 3 heterocycles. The molecule has 4 aromatic rings. The normalized spacial score (nSPS) is 14.3. The third-order valence-electron chi connectivity index (χ3n) is 4.66. The van der Waals surface area contributed by atoms with E-state index in [2.05, 4.69) is 24.4 Å². The molecule has 0 saturated heterocycles.